The molecule has 0 unspecified atom stereocenters. The first kappa shape index (κ1) is 15.4. The molecule has 0 spiro atoms. The van der Waals surface area contributed by atoms with E-state index in [-0.39, 0.29) is 5.91 Å². The van der Waals surface area contributed by atoms with Crippen LogP contribution in [0.2, 0.25) is 0 Å². The molecule has 21 heavy (non-hydrogen) atoms. The second-order valence-electron chi connectivity index (χ2n) is 4.74. The summed E-state index contributed by atoms with van der Waals surface area (Å²) in [6.07, 6.45) is 0.713. The van der Waals surface area contributed by atoms with Crippen molar-refractivity contribution in [1.82, 2.24) is 14.5 Å². The van der Waals surface area contributed by atoms with E-state index in [4.69, 9.17) is 4.74 Å². The fraction of sp³-hybridized carbons (Fsp3) is 0.400. The van der Waals surface area contributed by atoms with Crippen molar-refractivity contribution in [3.8, 4) is 5.75 Å². The lowest BCUT2D eigenvalue weighted by molar-refractivity contribution is 0.0777. The molecule has 2 aromatic rings. The Morgan fingerprint density at radius 1 is 1.38 bits per heavy atom. The lowest BCUT2D eigenvalue weighted by Crippen LogP contribution is -2.31. The molecule has 0 saturated carbocycles. The van der Waals surface area contributed by atoms with Gasteiger partial charge in [-0.2, -0.15) is 0 Å². The first-order valence-corrected chi connectivity index (χ1v) is 7.66. The van der Waals surface area contributed by atoms with Crippen molar-refractivity contribution < 1.29 is 9.53 Å². The number of aryl methyl sites for hydroxylation is 2. The Balaban J connectivity index is 1.89. The first-order chi connectivity index (χ1) is 10.1. The summed E-state index contributed by atoms with van der Waals surface area (Å²) >= 11 is 1.15. The lowest BCUT2D eigenvalue weighted by atomic mass is 10.2. The summed E-state index contributed by atoms with van der Waals surface area (Å²) < 4.78 is 9.56. The van der Waals surface area contributed by atoms with Crippen molar-refractivity contribution in [2.75, 3.05) is 20.2 Å². The molecular weight excluding hydrogens is 286 g/mol. The predicted molar refractivity (Wildman–Crippen MR) is 82.9 cm³/mol. The van der Waals surface area contributed by atoms with Crippen LogP contribution < -0.4 is 4.74 Å². The molecule has 6 heteroatoms. The number of nitrogens with zero attached hydrogens (tertiary/aromatic N) is 3. The third kappa shape index (κ3) is 3.78. The van der Waals surface area contributed by atoms with E-state index >= 15 is 0 Å². The number of hydrogen-bond donors (Lipinski definition) is 0. The zero-order valence-electron chi connectivity index (χ0n) is 12.5. The third-order valence-corrected chi connectivity index (χ3v) is 3.97. The van der Waals surface area contributed by atoms with Crippen LogP contribution in [0.4, 0.5) is 0 Å². The minimum absolute atomic E-state index is 0.0461. The molecule has 112 valence electrons. The normalized spacial score (nSPS) is 10.4. The summed E-state index contributed by atoms with van der Waals surface area (Å²) in [6, 6.07) is 7.84. The monoisotopic (exact) mass is 305 g/mol. The van der Waals surface area contributed by atoms with Gasteiger partial charge < -0.3 is 9.64 Å². The maximum Gasteiger partial charge on any atom is 0.267 e. The summed E-state index contributed by atoms with van der Waals surface area (Å²) in [7, 11) is 1.77. The van der Waals surface area contributed by atoms with Crippen molar-refractivity contribution in [3.05, 3.63) is 40.4 Å². The highest BCUT2D eigenvalue weighted by atomic mass is 32.1. The molecule has 0 saturated heterocycles. The Hall–Kier alpha value is -1.95. The Morgan fingerprint density at radius 3 is 2.86 bits per heavy atom. The van der Waals surface area contributed by atoms with E-state index in [0.29, 0.717) is 24.4 Å². The maximum atomic E-state index is 12.3. The number of ether oxygens (including phenoxy) is 1. The molecule has 0 N–H and O–H groups in total. The summed E-state index contributed by atoms with van der Waals surface area (Å²) in [5, 5.41) is 3.97. The molecular formula is C15H19N3O2S. The molecule has 0 aliphatic carbocycles. The molecule has 1 aromatic heterocycles. The molecule has 5 nitrogen and oxygen atoms in total. The lowest BCUT2D eigenvalue weighted by Gasteiger charge is -2.17. The van der Waals surface area contributed by atoms with E-state index in [1.807, 2.05) is 38.1 Å². The Bertz CT molecular complexity index is 612. The second kappa shape index (κ2) is 7.17. The number of carbonyl (C=O) groups is 1. The van der Waals surface area contributed by atoms with Crippen LogP contribution >= 0.6 is 11.5 Å². The predicted octanol–water partition coefficient (Wildman–Crippen LogP) is 2.56. The van der Waals surface area contributed by atoms with Crippen molar-refractivity contribution in [2.24, 2.45) is 0 Å². The van der Waals surface area contributed by atoms with E-state index in [2.05, 4.69) is 9.59 Å². The summed E-state index contributed by atoms with van der Waals surface area (Å²) in [4.78, 5) is 14.6. The van der Waals surface area contributed by atoms with Crippen LogP contribution in [-0.4, -0.2) is 40.6 Å². The fourth-order valence-corrected chi connectivity index (χ4v) is 2.63. The number of benzene rings is 1. The zero-order chi connectivity index (χ0) is 15.2. The summed E-state index contributed by atoms with van der Waals surface area (Å²) in [5.74, 6) is 0.808. The quantitative estimate of drug-likeness (QED) is 0.823. The average Bonchev–Trinajstić information content (AvgIpc) is 2.96. The van der Waals surface area contributed by atoms with E-state index in [1.165, 1.54) is 0 Å². The van der Waals surface area contributed by atoms with Crippen LogP contribution in [0.3, 0.4) is 0 Å². The van der Waals surface area contributed by atoms with Gasteiger partial charge in [0.2, 0.25) is 0 Å². The first-order valence-electron chi connectivity index (χ1n) is 6.88. The van der Waals surface area contributed by atoms with E-state index < -0.39 is 0 Å². The smallest absolute Gasteiger partial charge is 0.267 e. The number of hydrogen-bond acceptors (Lipinski definition) is 5. The largest absolute Gasteiger partial charge is 0.491 e. The summed E-state index contributed by atoms with van der Waals surface area (Å²) in [5.41, 5.74) is 1.85. The Kier molecular flexibility index (Phi) is 5.27. The van der Waals surface area contributed by atoms with Gasteiger partial charge in [0.1, 0.15) is 17.2 Å². The minimum Gasteiger partial charge on any atom is -0.491 e. The highest BCUT2D eigenvalue weighted by molar-refractivity contribution is 7.07. The number of carbonyl (C=O) groups excluding carboxylic acids is 1. The van der Waals surface area contributed by atoms with Gasteiger partial charge in [-0.05, 0) is 36.5 Å². The zero-order valence-corrected chi connectivity index (χ0v) is 13.3. The number of aromatic nitrogens is 2. The average molecular weight is 305 g/mol. The van der Waals surface area contributed by atoms with Gasteiger partial charge in [0.05, 0.1) is 12.2 Å². The number of rotatable bonds is 6. The van der Waals surface area contributed by atoms with Crippen molar-refractivity contribution in [1.29, 1.82) is 0 Å². The van der Waals surface area contributed by atoms with Crippen LogP contribution in [0.1, 0.15) is 27.9 Å². The SMILES string of the molecule is CCc1nnsc1C(=O)N(C)CCOc1ccccc1C. The summed E-state index contributed by atoms with van der Waals surface area (Å²) in [6.45, 7) is 4.95. The van der Waals surface area contributed by atoms with Crippen LogP contribution in [0.25, 0.3) is 0 Å². The van der Waals surface area contributed by atoms with Crippen LogP contribution in [-0.2, 0) is 6.42 Å². The van der Waals surface area contributed by atoms with E-state index in [0.717, 1.165) is 28.5 Å². The molecule has 2 rings (SSSR count). The van der Waals surface area contributed by atoms with Gasteiger partial charge in [0.25, 0.3) is 5.91 Å². The van der Waals surface area contributed by atoms with Gasteiger partial charge >= 0.3 is 0 Å². The molecule has 1 aromatic carbocycles. The van der Waals surface area contributed by atoms with Gasteiger partial charge in [-0.25, -0.2) is 0 Å². The van der Waals surface area contributed by atoms with E-state index in [1.54, 1.807) is 11.9 Å². The minimum atomic E-state index is -0.0461. The number of likely N-dealkylation sites (N-methyl/N-ethyl adjacent to an activating group) is 1. The molecule has 1 heterocycles. The van der Waals surface area contributed by atoms with Crippen LogP contribution in [0.15, 0.2) is 24.3 Å². The number of amides is 1. The van der Waals surface area contributed by atoms with Gasteiger partial charge in [0, 0.05) is 7.05 Å². The Labute approximate surface area is 128 Å². The standard InChI is InChI=1S/C15H19N3O2S/c1-4-12-14(21-17-16-12)15(19)18(3)9-10-20-13-8-6-5-7-11(13)2/h5-8H,4,9-10H2,1-3H3. The highest BCUT2D eigenvalue weighted by Crippen LogP contribution is 2.16. The maximum absolute atomic E-state index is 12.3. The van der Waals surface area contributed by atoms with Crippen LogP contribution in [0.5, 0.6) is 5.75 Å². The Morgan fingerprint density at radius 2 is 2.14 bits per heavy atom. The van der Waals surface area contributed by atoms with Gasteiger partial charge in [-0.15, -0.1) is 5.10 Å². The second-order valence-corrected chi connectivity index (χ2v) is 5.50. The van der Waals surface area contributed by atoms with Crippen molar-refractivity contribution in [2.45, 2.75) is 20.3 Å². The van der Waals surface area contributed by atoms with Crippen molar-refractivity contribution >= 4 is 17.4 Å². The van der Waals surface area contributed by atoms with Gasteiger partial charge in [-0.1, -0.05) is 29.6 Å². The third-order valence-electron chi connectivity index (χ3n) is 3.21. The van der Waals surface area contributed by atoms with Gasteiger partial charge in [0.15, 0.2) is 0 Å². The molecule has 0 aliphatic rings. The molecule has 0 atom stereocenters. The van der Waals surface area contributed by atoms with Crippen molar-refractivity contribution in [3.63, 3.8) is 0 Å². The van der Waals surface area contributed by atoms with Gasteiger partial charge in [-0.3, -0.25) is 4.79 Å². The topological polar surface area (TPSA) is 55.3 Å². The molecule has 0 radical (unpaired) electrons. The van der Waals surface area contributed by atoms with Crippen LogP contribution in [0, 0.1) is 6.92 Å². The number of para-hydroxylation sites is 1. The highest BCUT2D eigenvalue weighted by Gasteiger charge is 2.18. The molecule has 0 fully saturated rings. The fourth-order valence-electron chi connectivity index (χ4n) is 1.89. The molecule has 0 aliphatic heterocycles. The van der Waals surface area contributed by atoms with E-state index in [9.17, 15) is 4.79 Å². The molecule has 1 amide bonds. The molecule has 0 bridgehead atoms.